The Balaban J connectivity index is 2.59. The number of carboxylic acids is 1. The van der Waals surface area contributed by atoms with E-state index in [-0.39, 0.29) is 17.9 Å². The maximum Gasteiger partial charge on any atom is 0.326 e. The lowest BCUT2D eigenvalue weighted by atomic mass is 10.2. The second-order valence-corrected chi connectivity index (χ2v) is 5.24. The summed E-state index contributed by atoms with van der Waals surface area (Å²) in [4.78, 5) is 32.9. The van der Waals surface area contributed by atoms with Crippen LogP contribution in [0, 0.1) is 10.1 Å². The Morgan fingerprint density at radius 3 is 2.73 bits per heavy atom. The number of ether oxygens (including phenoxy) is 1. The fourth-order valence-electron chi connectivity index (χ4n) is 1.60. The molecule has 1 aromatic carbocycles. The fourth-order valence-corrected chi connectivity index (χ4v) is 2.07. The molecule has 1 atom stereocenters. The number of amides is 1. The monoisotopic (exact) mass is 328 g/mol. The number of nitrogens with zero attached hydrogens (tertiary/aromatic N) is 1. The number of aliphatic carboxylic acids is 1. The quantitative estimate of drug-likeness (QED) is 0.518. The van der Waals surface area contributed by atoms with Gasteiger partial charge >= 0.3 is 11.7 Å². The van der Waals surface area contributed by atoms with Crippen molar-refractivity contribution in [2.45, 2.75) is 12.5 Å². The first-order chi connectivity index (χ1) is 10.5. The number of nitro groups is 1. The van der Waals surface area contributed by atoms with Crippen LogP contribution in [0.25, 0.3) is 0 Å². The van der Waals surface area contributed by atoms with Crippen molar-refractivity contribution in [2.24, 2.45) is 0 Å². The average molecular weight is 328 g/mol. The van der Waals surface area contributed by atoms with Crippen molar-refractivity contribution in [3.63, 3.8) is 0 Å². The normalized spacial score (nSPS) is 11.5. The molecule has 0 bridgehead atoms. The van der Waals surface area contributed by atoms with Crippen LogP contribution >= 0.6 is 11.8 Å². The van der Waals surface area contributed by atoms with E-state index in [0.29, 0.717) is 5.75 Å². The third-order valence-corrected chi connectivity index (χ3v) is 3.31. The van der Waals surface area contributed by atoms with Gasteiger partial charge in [0.25, 0.3) is 5.91 Å². The lowest BCUT2D eigenvalue weighted by Crippen LogP contribution is -2.43. The molecule has 1 unspecified atom stereocenters. The Bertz CT molecular complexity index is 551. The number of nitro benzene ring substituents is 1. The summed E-state index contributed by atoms with van der Waals surface area (Å²) < 4.78 is 5.09. The van der Waals surface area contributed by atoms with Gasteiger partial charge in [0.1, 0.15) is 6.04 Å². The van der Waals surface area contributed by atoms with E-state index in [1.807, 2.05) is 6.26 Å². The van der Waals surface area contributed by atoms with E-state index in [0.717, 1.165) is 0 Å². The number of hydrogen-bond donors (Lipinski definition) is 2. The molecule has 0 aliphatic rings. The van der Waals surface area contributed by atoms with Gasteiger partial charge in [0.05, 0.1) is 4.92 Å². The summed E-state index contributed by atoms with van der Waals surface area (Å²) in [6, 6.07) is 4.64. The molecule has 1 aromatic rings. The highest BCUT2D eigenvalue weighted by Crippen LogP contribution is 2.25. The van der Waals surface area contributed by atoms with E-state index in [2.05, 4.69) is 5.32 Å². The summed E-state index contributed by atoms with van der Waals surface area (Å²) in [5, 5.41) is 22.1. The van der Waals surface area contributed by atoms with E-state index in [9.17, 15) is 19.7 Å². The van der Waals surface area contributed by atoms with Crippen molar-refractivity contribution in [1.29, 1.82) is 0 Å². The number of benzene rings is 1. The van der Waals surface area contributed by atoms with Gasteiger partial charge in [-0.15, -0.1) is 0 Å². The topological polar surface area (TPSA) is 119 Å². The second kappa shape index (κ2) is 8.88. The molecule has 0 radical (unpaired) electrons. The van der Waals surface area contributed by atoms with Crippen LogP contribution in [-0.4, -0.2) is 46.6 Å². The molecule has 0 aliphatic heterocycles. The Kier molecular flexibility index (Phi) is 7.17. The number of carbonyl (C=O) groups is 2. The van der Waals surface area contributed by atoms with Crippen LogP contribution in [0.15, 0.2) is 24.3 Å². The van der Waals surface area contributed by atoms with Crippen LogP contribution in [-0.2, 0) is 9.59 Å². The van der Waals surface area contributed by atoms with Gasteiger partial charge in [0.15, 0.2) is 12.4 Å². The van der Waals surface area contributed by atoms with Gasteiger partial charge in [-0.2, -0.15) is 11.8 Å². The fraction of sp³-hybridized carbons (Fsp3) is 0.385. The van der Waals surface area contributed by atoms with Gasteiger partial charge in [-0.1, -0.05) is 12.1 Å². The number of thioether (sulfide) groups is 1. The average Bonchev–Trinajstić information content (AvgIpc) is 2.49. The van der Waals surface area contributed by atoms with Crippen LogP contribution < -0.4 is 10.1 Å². The molecule has 9 heteroatoms. The molecular formula is C13H16N2O6S. The van der Waals surface area contributed by atoms with Crippen molar-refractivity contribution in [1.82, 2.24) is 5.32 Å². The first kappa shape index (κ1) is 17.8. The van der Waals surface area contributed by atoms with E-state index >= 15 is 0 Å². The maximum atomic E-state index is 11.7. The van der Waals surface area contributed by atoms with E-state index in [1.54, 1.807) is 6.07 Å². The number of nitrogens with one attached hydrogen (secondary N) is 1. The zero-order chi connectivity index (χ0) is 16.5. The molecule has 1 amide bonds. The summed E-state index contributed by atoms with van der Waals surface area (Å²) >= 11 is 1.47. The van der Waals surface area contributed by atoms with Gasteiger partial charge in [-0.25, -0.2) is 4.79 Å². The third kappa shape index (κ3) is 5.60. The Morgan fingerprint density at radius 2 is 2.14 bits per heavy atom. The molecule has 0 spiro atoms. The number of carbonyl (C=O) groups excluding carboxylic acids is 1. The molecule has 8 nitrogen and oxygen atoms in total. The lowest BCUT2D eigenvalue weighted by Gasteiger charge is -2.14. The molecule has 0 saturated heterocycles. The first-order valence-corrected chi connectivity index (χ1v) is 7.72. The van der Waals surface area contributed by atoms with Crippen molar-refractivity contribution in [3.05, 3.63) is 34.4 Å². The second-order valence-electron chi connectivity index (χ2n) is 4.25. The van der Waals surface area contributed by atoms with Crippen molar-refractivity contribution >= 4 is 29.3 Å². The molecule has 0 heterocycles. The highest BCUT2D eigenvalue weighted by Gasteiger charge is 2.20. The minimum absolute atomic E-state index is 0.0429. The third-order valence-electron chi connectivity index (χ3n) is 2.66. The summed E-state index contributed by atoms with van der Waals surface area (Å²) in [7, 11) is 0. The van der Waals surface area contributed by atoms with E-state index in [4.69, 9.17) is 9.84 Å². The molecule has 0 fully saturated rings. The predicted octanol–water partition coefficient (Wildman–Crippen LogP) is 1.30. The number of hydrogen-bond acceptors (Lipinski definition) is 6. The Labute approximate surface area is 131 Å². The van der Waals surface area contributed by atoms with Gasteiger partial charge < -0.3 is 15.2 Å². The van der Waals surface area contributed by atoms with E-state index < -0.39 is 29.4 Å². The minimum atomic E-state index is -1.13. The molecule has 0 aliphatic carbocycles. The first-order valence-electron chi connectivity index (χ1n) is 6.33. The van der Waals surface area contributed by atoms with Gasteiger partial charge in [-0.05, 0) is 24.5 Å². The number of carboxylic acid groups (broad SMARTS) is 1. The van der Waals surface area contributed by atoms with Crippen LogP contribution in [0.2, 0.25) is 0 Å². The molecule has 0 saturated carbocycles. The largest absolute Gasteiger partial charge is 0.480 e. The van der Waals surface area contributed by atoms with Gasteiger partial charge in [0.2, 0.25) is 0 Å². The molecule has 22 heavy (non-hydrogen) atoms. The standard InChI is InChI=1S/C13H16N2O6S/c1-22-7-6-9(13(17)18)14-12(16)8-21-11-5-3-2-4-10(11)15(19)20/h2-5,9H,6-8H2,1H3,(H,14,16)(H,17,18). The maximum absolute atomic E-state index is 11.7. The molecular weight excluding hydrogens is 312 g/mol. The smallest absolute Gasteiger partial charge is 0.326 e. The Hall–Kier alpha value is -2.29. The van der Waals surface area contributed by atoms with Crippen molar-refractivity contribution < 1.29 is 24.4 Å². The predicted molar refractivity (Wildman–Crippen MR) is 81.2 cm³/mol. The summed E-state index contributed by atoms with van der Waals surface area (Å²) in [5.41, 5.74) is -0.257. The van der Waals surface area contributed by atoms with Crippen LogP contribution in [0.1, 0.15) is 6.42 Å². The molecule has 2 N–H and O–H groups in total. The van der Waals surface area contributed by atoms with Crippen molar-refractivity contribution in [2.75, 3.05) is 18.6 Å². The molecule has 1 rings (SSSR count). The van der Waals surface area contributed by atoms with Crippen LogP contribution in [0.4, 0.5) is 5.69 Å². The summed E-state index contributed by atoms with van der Waals surface area (Å²) in [5.74, 6) is -1.24. The summed E-state index contributed by atoms with van der Waals surface area (Å²) in [6.07, 6.45) is 2.12. The Morgan fingerprint density at radius 1 is 1.45 bits per heavy atom. The highest BCUT2D eigenvalue weighted by molar-refractivity contribution is 7.98. The number of para-hydroxylation sites is 2. The number of rotatable bonds is 9. The zero-order valence-corrected chi connectivity index (χ0v) is 12.7. The lowest BCUT2D eigenvalue weighted by molar-refractivity contribution is -0.385. The summed E-state index contributed by atoms with van der Waals surface area (Å²) in [6.45, 7) is -0.492. The van der Waals surface area contributed by atoms with E-state index in [1.165, 1.54) is 30.0 Å². The van der Waals surface area contributed by atoms with Crippen LogP contribution in [0.3, 0.4) is 0 Å². The van der Waals surface area contributed by atoms with Gasteiger partial charge in [-0.3, -0.25) is 14.9 Å². The van der Waals surface area contributed by atoms with Crippen LogP contribution in [0.5, 0.6) is 5.75 Å². The molecule has 120 valence electrons. The molecule has 0 aromatic heterocycles. The van der Waals surface area contributed by atoms with Gasteiger partial charge in [0, 0.05) is 6.07 Å². The zero-order valence-electron chi connectivity index (χ0n) is 11.9. The SMILES string of the molecule is CSCCC(NC(=O)COc1ccccc1[N+](=O)[O-])C(=O)O. The highest BCUT2D eigenvalue weighted by atomic mass is 32.2. The van der Waals surface area contributed by atoms with Crippen molar-refractivity contribution in [3.8, 4) is 5.75 Å². The minimum Gasteiger partial charge on any atom is -0.480 e.